The van der Waals surface area contributed by atoms with Gasteiger partial charge < -0.3 is 33.4 Å². The molecule has 0 bridgehead atoms. The summed E-state index contributed by atoms with van der Waals surface area (Å²) in [6, 6.07) is -0.0166. The molecule has 0 saturated carbocycles. The largest absolute Gasteiger partial charge is 0.457 e. The van der Waals surface area contributed by atoms with Crippen LogP contribution in [0, 0.1) is 5.92 Å². The first-order valence-electron chi connectivity index (χ1n) is 11.7. The Bertz CT molecular complexity index is 785. The number of carbonyl (C=O) groups excluding carboxylic acids is 2. The van der Waals surface area contributed by atoms with E-state index >= 15 is 0 Å². The quantitative estimate of drug-likeness (QED) is 0.238. The van der Waals surface area contributed by atoms with Gasteiger partial charge >= 0.3 is 5.97 Å². The van der Waals surface area contributed by atoms with E-state index in [0.29, 0.717) is 24.2 Å². The van der Waals surface area contributed by atoms with Crippen LogP contribution in [0.15, 0.2) is 11.3 Å². The second kappa shape index (κ2) is 11.6. The first-order valence-corrected chi connectivity index (χ1v) is 12.6. The Morgan fingerprint density at radius 2 is 1.97 bits per heavy atom. The first-order chi connectivity index (χ1) is 15.8. The lowest BCUT2D eigenvalue weighted by molar-refractivity contribution is -0.256. The fourth-order valence-corrected chi connectivity index (χ4v) is 5.32. The highest BCUT2D eigenvalue weighted by Gasteiger charge is 2.46. The third-order valence-electron chi connectivity index (χ3n) is 6.61. The van der Waals surface area contributed by atoms with Crippen LogP contribution in [-0.4, -0.2) is 79.9 Å². The number of cyclic esters (lactones) is 1. The van der Waals surface area contributed by atoms with Crippen LogP contribution >= 0.6 is 8.46 Å². The molecule has 3 unspecified atom stereocenters. The Balaban J connectivity index is 2.46. The summed E-state index contributed by atoms with van der Waals surface area (Å²) in [5, 5.41) is 0. The fourth-order valence-electron chi connectivity index (χ4n) is 4.55. The fraction of sp³-hybridized carbons (Fsp3) is 0.833. The molecular formula is C24H40NO8P. The molecule has 2 heterocycles. The van der Waals surface area contributed by atoms with Gasteiger partial charge in [0.2, 0.25) is 5.79 Å². The summed E-state index contributed by atoms with van der Waals surface area (Å²) in [4.78, 5) is 25.9. The molecule has 9 nitrogen and oxygen atoms in total. The molecule has 2 aliphatic heterocycles. The van der Waals surface area contributed by atoms with Crippen molar-refractivity contribution in [2.24, 2.45) is 5.92 Å². The lowest BCUT2D eigenvalue weighted by Gasteiger charge is -2.45. The second-order valence-electron chi connectivity index (χ2n) is 10.3. The van der Waals surface area contributed by atoms with Crippen LogP contribution in [0.25, 0.3) is 0 Å². The van der Waals surface area contributed by atoms with E-state index in [1.165, 1.54) is 0 Å². The van der Waals surface area contributed by atoms with Crippen molar-refractivity contribution >= 4 is 20.7 Å². The summed E-state index contributed by atoms with van der Waals surface area (Å²) in [7, 11) is 5.36. The number of hydrogen-bond acceptors (Lipinski definition) is 9. The minimum atomic E-state index is -1.13. The summed E-state index contributed by atoms with van der Waals surface area (Å²) in [6.07, 6.45) is 0.575. The van der Waals surface area contributed by atoms with E-state index in [4.69, 9.17) is 23.7 Å². The minimum absolute atomic E-state index is 0.0166. The predicted octanol–water partition coefficient (Wildman–Crippen LogP) is 3.70. The van der Waals surface area contributed by atoms with Crippen molar-refractivity contribution in [1.82, 2.24) is 4.90 Å². The molecule has 0 spiro atoms. The van der Waals surface area contributed by atoms with Crippen LogP contribution in [0.1, 0.15) is 60.8 Å². The van der Waals surface area contributed by atoms with Crippen molar-refractivity contribution in [1.29, 1.82) is 0 Å². The number of aldehydes is 1. The van der Waals surface area contributed by atoms with Gasteiger partial charge in [-0.2, -0.15) is 0 Å². The number of nitrogens with zero attached hydrogens (tertiary/aromatic N) is 1. The number of methoxy groups -OCH3 is 1. The molecule has 194 valence electrons. The zero-order valence-corrected chi connectivity index (χ0v) is 22.7. The SMILES string of the molecule is CO[C@](C)(C[C@@H](C)C=O)[C@@H](CC1=C(C)C(=O)OC(C)(C)O1)O[C@@H]1OC(C)CC(N(C)C)C1P=O. The van der Waals surface area contributed by atoms with E-state index in [9.17, 15) is 14.2 Å². The predicted molar refractivity (Wildman–Crippen MR) is 127 cm³/mol. The monoisotopic (exact) mass is 501 g/mol. The Morgan fingerprint density at radius 3 is 2.50 bits per heavy atom. The third-order valence-corrected chi connectivity index (χ3v) is 7.44. The van der Waals surface area contributed by atoms with Gasteiger partial charge in [-0.15, -0.1) is 0 Å². The van der Waals surface area contributed by atoms with Crippen molar-refractivity contribution in [3.8, 4) is 0 Å². The smallest absolute Gasteiger partial charge is 0.340 e. The van der Waals surface area contributed by atoms with Crippen molar-refractivity contribution < 1.29 is 37.8 Å². The van der Waals surface area contributed by atoms with Crippen LogP contribution in [0.2, 0.25) is 0 Å². The first kappa shape index (κ1) is 28.9. The zero-order chi connectivity index (χ0) is 25.8. The average molecular weight is 502 g/mol. The number of ether oxygens (including phenoxy) is 5. The van der Waals surface area contributed by atoms with E-state index in [2.05, 4.69) is 0 Å². The van der Waals surface area contributed by atoms with E-state index in [1.807, 2.05) is 39.8 Å². The molecule has 1 fully saturated rings. The highest BCUT2D eigenvalue weighted by atomic mass is 31.1. The van der Waals surface area contributed by atoms with Gasteiger partial charge in [0.15, 0.2) is 14.8 Å². The van der Waals surface area contributed by atoms with Crippen molar-refractivity contribution in [3.63, 3.8) is 0 Å². The topological polar surface area (TPSA) is 101 Å². The van der Waals surface area contributed by atoms with Gasteiger partial charge in [-0.25, -0.2) is 4.79 Å². The van der Waals surface area contributed by atoms with Crippen molar-refractivity contribution in [3.05, 3.63) is 11.3 Å². The molecular weight excluding hydrogens is 461 g/mol. The molecule has 34 heavy (non-hydrogen) atoms. The lowest BCUT2D eigenvalue weighted by Crippen LogP contribution is -2.55. The van der Waals surface area contributed by atoms with Gasteiger partial charge in [-0.3, -0.25) is 4.57 Å². The number of rotatable bonds is 11. The molecule has 10 heteroatoms. The molecule has 0 aromatic carbocycles. The standard InChI is InChI=1S/C24H40NO8P/c1-14(13-26)12-24(6,29-9)19(11-18-16(3)21(27)33-23(4,5)32-18)31-22-20(34-28)17(25(7)8)10-15(2)30-22/h13-15,17,19-20,22H,10-12H2,1-9H3/t14-,15?,17?,19-,20?,22+,24-/m1/s1. The summed E-state index contributed by atoms with van der Waals surface area (Å²) in [5.41, 5.74) is -1.01. The van der Waals surface area contributed by atoms with Crippen LogP contribution in [0.4, 0.5) is 0 Å². The molecule has 0 aromatic rings. The van der Waals surface area contributed by atoms with Crippen LogP contribution in [0.5, 0.6) is 0 Å². The highest BCUT2D eigenvalue weighted by Crippen LogP contribution is 2.39. The summed E-state index contributed by atoms with van der Waals surface area (Å²) in [6.45, 7) is 10.6. The maximum absolute atomic E-state index is 12.4. The summed E-state index contributed by atoms with van der Waals surface area (Å²) < 4.78 is 42.1. The van der Waals surface area contributed by atoms with Gasteiger partial charge in [-0.05, 0) is 47.7 Å². The molecule has 0 amide bonds. The third kappa shape index (κ3) is 6.85. The highest BCUT2D eigenvalue weighted by molar-refractivity contribution is 7.24. The summed E-state index contributed by atoms with van der Waals surface area (Å²) in [5.74, 6) is -1.46. The maximum atomic E-state index is 12.4. The molecule has 0 radical (unpaired) electrons. The average Bonchev–Trinajstić information content (AvgIpc) is 2.75. The van der Waals surface area contributed by atoms with Crippen LogP contribution in [0.3, 0.4) is 0 Å². The minimum Gasteiger partial charge on any atom is -0.457 e. The molecule has 2 rings (SSSR count). The van der Waals surface area contributed by atoms with Gasteiger partial charge in [0.25, 0.3) is 0 Å². The van der Waals surface area contributed by atoms with E-state index in [0.717, 1.165) is 6.29 Å². The molecule has 1 saturated heterocycles. The van der Waals surface area contributed by atoms with Gasteiger partial charge in [-0.1, -0.05) is 6.92 Å². The number of hydrogen-bond donors (Lipinski definition) is 0. The lowest BCUT2D eigenvalue weighted by atomic mass is 9.85. The van der Waals surface area contributed by atoms with E-state index < -0.39 is 35.4 Å². The number of carbonyl (C=O) groups is 2. The van der Waals surface area contributed by atoms with Crippen LogP contribution in [-0.2, 0) is 37.8 Å². The number of esters is 1. The normalized spacial score (nSPS) is 30.9. The Morgan fingerprint density at radius 1 is 1.32 bits per heavy atom. The summed E-state index contributed by atoms with van der Waals surface area (Å²) >= 11 is 0. The Labute approximate surface area is 204 Å². The van der Waals surface area contributed by atoms with Gasteiger partial charge in [0.05, 0.1) is 23.4 Å². The molecule has 0 aromatic heterocycles. The molecule has 0 aliphatic carbocycles. The Hall–Kier alpha value is -1.38. The van der Waals surface area contributed by atoms with Crippen molar-refractivity contribution in [2.75, 3.05) is 21.2 Å². The van der Waals surface area contributed by atoms with Gasteiger partial charge in [0.1, 0.15) is 17.7 Å². The second-order valence-corrected chi connectivity index (χ2v) is 11.1. The molecule has 2 aliphatic rings. The van der Waals surface area contributed by atoms with E-state index in [-0.39, 0.29) is 32.9 Å². The Kier molecular flexibility index (Phi) is 9.82. The maximum Gasteiger partial charge on any atom is 0.340 e. The van der Waals surface area contributed by atoms with Gasteiger partial charge in [0, 0.05) is 39.3 Å². The van der Waals surface area contributed by atoms with E-state index in [1.54, 1.807) is 27.9 Å². The molecule has 0 N–H and O–H groups in total. The zero-order valence-electron chi connectivity index (χ0n) is 21.8. The van der Waals surface area contributed by atoms with Crippen molar-refractivity contribution in [2.45, 2.75) is 102 Å². The van der Waals surface area contributed by atoms with Crippen LogP contribution < -0.4 is 0 Å². The molecule has 7 atom stereocenters.